The molecule has 0 saturated carbocycles. The van der Waals surface area contributed by atoms with Crippen molar-refractivity contribution in [1.29, 1.82) is 0 Å². The standard InChI is InChI=1S/C13H15BO3/c1-3-8-12(14(15)16)13(4-2)17-11-9-6-5-7-10-11/h3-10,15-16H,2H2,1H3/b8-3-,13-12-. The number of hydrogen-bond acceptors (Lipinski definition) is 3. The van der Waals surface area contributed by atoms with E-state index in [1.54, 1.807) is 31.2 Å². The van der Waals surface area contributed by atoms with Crippen LogP contribution < -0.4 is 4.74 Å². The summed E-state index contributed by atoms with van der Waals surface area (Å²) in [7, 11) is -1.59. The van der Waals surface area contributed by atoms with Gasteiger partial charge in [-0.2, -0.15) is 0 Å². The normalized spacial score (nSPS) is 12.2. The van der Waals surface area contributed by atoms with Crippen LogP contribution in [0.25, 0.3) is 0 Å². The minimum absolute atomic E-state index is 0.270. The van der Waals surface area contributed by atoms with Crippen LogP contribution in [0.4, 0.5) is 0 Å². The summed E-state index contributed by atoms with van der Waals surface area (Å²) >= 11 is 0. The minimum atomic E-state index is -1.59. The van der Waals surface area contributed by atoms with Gasteiger partial charge < -0.3 is 14.8 Å². The summed E-state index contributed by atoms with van der Waals surface area (Å²) in [5.74, 6) is 0.939. The third-order valence-electron chi connectivity index (χ3n) is 2.07. The second kappa shape index (κ2) is 6.73. The molecule has 0 spiro atoms. The molecule has 0 atom stereocenters. The molecule has 17 heavy (non-hydrogen) atoms. The van der Waals surface area contributed by atoms with Crippen molar-refractivity contribution < 1.29 is 14.8 Å². The van der Waals surface area contributed by atoms with Gasteiger partial charge in [0.1, 0.15) is 11.5 Å². The molecule has 0 aliphatic heterocycles. The Bertz CT molecular complexity index is 422. The summed E-state index contributed by atoms with van der Waals surface area (Å²) in [4.78, 5) is 0. The lowest BCUT2D eigenvalue weighted by Crippen LogP contribution is -2.17. The Labute approximate surface area is 102 Å². The van der Waals surface area contributed by atoms with Crippen molar-refractivity contribution >= 4 is 7.12 Å². The molecule has 0 aliphatic rings. The number of hydrogen-bond donors (Lipinski definition) is 2. The molecule has 0 radical (unpaired) electrons. The first-order valence-electron chi connectivity index (χ1n) is 5.27. The third-order valence-corrected chi connectivity index (χ3v) is 2.07. The second-order valence-electron chi connectivity index (χ2n) is 3.31. The largest absolute Gasteiger partial charge is 0.492 e. The zero-order valence-electron chi connectivity index (χ0n) is 9.71. The monoisotopic (exact) mass is 230 g/mol. The van der Waals surface area contributed by atoms with E-state index in [0.717, 1.165) is 0 Å². The molecular weight excluding hydrogens is 215 g/mol. The molecule has 88 valence electrons. The first kappa shape index (κ1) is 13.3. The van der Waals surface area contributed by atoms with Crippen LogP contribution in [0.5, 0.6) is 5.75 Å². The van der Waals surface area contributed by atoms with Gasteiger partial charge in [0.15, 0.2) is 0 Å². The summed E-state index contributed by atoms with van der Waals surface area (Å²) in [5.41, 5.74) is 0.270. The summed E-state index contributed by atoms with van der Waals surface area (Å²) in [6, 6.07) is 9.10. The molecule has 1 rings (SSSR count). The van der Waals surface area contributed by atoms with Crippen LogP contribution in [0.15, 0.2) is 66.4 Å². The predicted molar refractivity (Wildman–Crippen MR) is 69.3 cm³/mol. The average molecular weight is 230 g/mol. The molecule has 4 heteroatoms. The van der Waals surface area contributed by atoms with E-state index in [0.29, 0.717) is 11.5 Å². The van der Waals surface area contributed by atoms with Crippen LogP contribution >= 0.6 is 0 Å². The van der Waals surface area contributed by atoms with Gasteiger partial charge in [-0.15, -0.1) is 0 Å². The number of rotatable bonds is 5. The van der Waals surface area contributed by atoms with Gasteiger partial charge in [-0.05, 0) is 25.1 Å². The topological polar surface area (TPSA) is 49.7 Å². The highest BCUT2D eigenvalue weighted by molar-refractivity contribution is 6.52. The van der Waals surface area contributed by atoms with Crippen molar-refractivity contribution in [1.82, 2.24) is 0 Å². The Kier molecular flexibility index (Phi) is 5.26. The van der Waals surface area contributed by atoms with Crippen molar-refractivity contribution in [3.63, 3.8) is 0 Å². The van der Waals surface area contributed by atoms with Crippen LogP contribution in [0.1, 0.15) is 6.92 Å². The highest BCUT2D eigenvalue weighted by atomic mass is 16.5. The molecule has 1 aromatic rings. The second-order valence-corrected chi connectivity index (χ2v) is 3.31. The predicted octanol–water partition coefficient (Wildman–Crippen LogP) is 2.09. The number of para-hydroxylation sites is 1. The zero-order chi connectivity index (χ0) is 12.7. The van der Waals surface area contributed by atoms with E-state index in [-0.39, 0.29) is 5.47 Å². The number of ether oxygens (including phenoxy) is 1. The first-order chi connectivity index (χ1) is 8.19. The summed E-state index contributed by atoms with van der Waals surface area (Å²) in [5, 5.41) is 18.5. The molecule has 2 N–H and O–H groups in total. The van der Waals surface area contributed by atoms with Gasteiger partial charge in [-0.3, -0.25) is 0 Å². The molecule has 0 bridgehead atoms. The molecular formula is C13H15BO3. The summed E-state index contributed by atoms with van der Waals surface area (Å²) in [6.45, 7) is 5.39. The zero-order valence-corrected chi connectivity index (χ0v) is 9.71. The fraction of sp³-hybridized carbons (Fsp3) is 0.0769. The fourth-order valence-electron chi connectivity index (χ4n) is 1.31. The smallest absolute Gasteiger partial charge is 0.458 e. The Morgan fingerprint density at radius 1 is 1.29 bits per heavy atom. The molecule has 0 saturated heterocycles. The molecule has 1 aromatic carbocycles. The molecule has 0 aromatic heterocycles. The average Bonchev–Trinajstić information content (AvgIpc) is 2.34. The van der Waals surface area contributed by atoms with Gasteiger partial charge in [-0.1, -0.05) is 36.9 Å². The molecule has 0 unspecified atom stereocenters. The maximum absolute atomic E-state index is 9.24. The third kappa shape index (κ3) is 3.94. The van der Waals surface area contributed by atoms with Crippen molar-refractivity contribution in [2.75, 3.05) is 0 Å². The summed E-state index contributed by atoms with van der Waals surface area (Å²) < 4.78 is 5.53. The lowest BCUT2D eigenvalue weighted by atomic mass is 9.78. The van der Waals surface area contributed by atoms with Gasteiger partial charge in [0.25, 0.3) is 0 Å². The van der Waals surface area contributed by atoms with Gasteiger partial charge in [0.05, 0.1) is 0 Å². The molecule has 0 fully saturated rings. The SMILES string of the molecule is C=C/C(Oc1ccccc1)=C(\C=C/C)B(O)O. The van der Waals surface area contributed by atoms with E-state index in [1.807, 2.05) is 18.2 Å². The van der Waals surface area contributed by atoms with Crippen LogP contribution in [-0.2, 0) is 0 Å². The van der Waals surface area contributed by atoms with Crippen LogP contribution in [0.2, 0.25) is 0 Å². The van der Waals surface area contributed by atoms with Crippen LogP contribution in [0, 0.1) is 0 Å². The Hall–Kier alpha value is -1.78. The van der Waals surface area contributed by atoms with Crippen molar-refractivity contribution in [3.8, 4) is 5.75 Å². The number of allylic oxidation sites excluding steroid dienone is 4. The van der Waals surface area contributed by atoms with E-state index < -0.39 is 7.12 Å². The fourth-order valence-corrected chi connectivity index (χ4v) is 1.31. The first-order valence-corrected chi connectivity index (χ1v) is 5.27. The van der Waals surface area contributed by atoms with Gasteiger partial charge in [-0.25, -0.2) is 0 Å². The lowest BCUT2D eigenvalue weighted by molar-refractivity contribution is 0.406. The molecule has 0 amide bonds. The molecule has 3 nitrogen and oxygen atoms in total. The van der Waals surface area contributed by atoms with Gasteiger partial charge >= 0.3 is 7.12 Å². The maximum atomic E-state index is 9.24. The molecule has 0 aliphatic carbocycles. The van der Waals surface area contributed by atoms with Crippen molar-refractivity contribution in [2.24, 2.45) is 0 Å². The van der Waals surface area contributed by atoms with Crippen molar-refractivity contribution in [2.45, 2.75) is 6.92 Å². The van der Waals surface area contributed by atoms with Crippen LogP contribution in [0.3, 0.4) is 0 Å². The minimum Gasteiger partial charge on any atom is -0.458 e. The van der Waals surface area contributed by atoms with E-state index in [4.69, 9.17) is 4.74 Å². The lowest BCUT2D eigenvalue weighted by Gasteiger charge is -2.10. The highest BCUT2D eigenvalue weighted by Gasteiger charge is 2.17. The quantitative estimate of drug-likeness (QED) is 0.462. The van der Waals surface area contributed by atoms with Crippen LogP contribution in [-0.4, -0.2) is 17.2 Å². The van der Waals surface area contributed by atoms with E-state index in [2.05, 4.69) is 6.58 Å². The van der Waals surface area contributed by atoms with E-state index in [9.17, 15) is 10.0 Å². The Morgan fingerprint density at radius 3 is 2.41 bits per heavy atom. The van der Waals surface area contributed by atoms with E-state index >= 15 is 0 Å². The van der Waals surface area contributed by atoms with Crippen molar-refractivity contribution in [3.05, 3.63) is 66.4 Å². The van der Waals surface area contributed by atoms with Gasteiger partial charge in [0.2, 0.25) is 0 Å². The van der Waals surface area contributed by atoms with Gasteiger partial charge in [0, 0.05) is 5.47 Å². The highest BCUT2D eigenvalue weighted by Crippen LogP contribution is 2.17. The summed E-state index contributed by atoms with van der Waals surface area (Å²) in [6.07, 6.45) is 4.72. The number of benzene rings is 1. The maximum Gasteiger partial charge on any atom is 0.492 e. The molecule has 0 heterocycles. The Morgan fingerprint density at radius 2 is 1.94 bits per heavy atom. The van der Waals surface area contributed by atoms with E-state index in [1.165, 1.54) is 6.08 Å². The Balaban J connectivity index is 3.04.